The lowest BCUT2D eigenvalue weighted by atomic mass is 10.1. The Bertz CT molecular complexity index is 737. The summed E-state index contributed by atoms with van der Waals surface area (Å²) < 4.78 is 5.11. The number of carbonyl (C=O) groups excluding carboxylic acids is 2. The average Bonchev–Trinajstić information content (AvgIpc) is 3.44. The first-order valence-electron chi connectivity index (χ1n) is 7.98. The average molecular weight is 324 g/mol. The Morgan fingerprint density at radius 1 is 1.04 bits per heavy atom. The molecule has 124 valence electrons. The van der Waals surface area contributed by atoms with Crippen LogP contribution in [0.5, 0.6) is 5.75 Å². The number of benzene rings is 2. The highest BCUT2D eigenvalue weighted by Gasteiger charge is 2.24. The fourth-order valence-electron chi connectivity index (χ4n) is 2.33. The SMILES string of the molecule is COc1ccc(CNC(=O)c2cccc(C(=O)NC3CC3)c2)cc1. The molecule has 0 saturated heterocycles. The highest BCUT2D eigenvalue weighted by atomic mass is 16.5. The Balaban J connectivity index is 1.60. The molecule has 1 saturated carbocycles. The Kier molecular flexibility index (Phi) is 4.79. The van der Waals surface area contributed by atoms with Gasteiger partial charge in [0.05, 0.1) is 7.11 Å². The summed E-state index contributed by atoms with van der Waals surface area (Å²) in [4.78, 5) is 24.3. The summed E-state index contributed by atoms with van der Waals surface area (Å²) in [5.41, 5.74) is 1.97. The first-order chi connectivity index (χ1) is 11.7. The standard InChI is InChI=1S/C19H20N2O3/c1-24-17-9-5-13(6-10-17)12-20-18(22)14-3-2-4-15(11-14)19(23)21-16-7-8-16/h2-6,9-11,16H,7-8,12H2,1H3,(H,20,22)(H,21,23). The van der Waals surface area contributed by atoms with E-state index < -0.39 is 0 Å². The van der Waals surface area contributed by atoms with Crippen molar-refractivity contribution in [2.24, 2.45) is 0 Å². The van der Waals surface area contributed by atoms with Gasteiger partial charge in [0.25, 0.3) is 11.8 Å². The molecule has 2 amide bonds. The van der Waals surface area contributed by atoms with Crippen molar-refractivity contribution in [1.82, 2.24) is 10.6 Å². The van der Waals surface area contributed by atoms with E-state index in [0.29, 0.717) is 23.7 Å². The largest absolute Gasteiger partial charge is 0.497 e. The molecule has 1 aliphatic rings. The molecule has 3 rings (SSSR count). The zero-order valence-corrected chi connectivity index (χ0v) is 13.5. The molecule has 5 heteroatoms. The molecular weight excluding hydrogens is 304 g/mol. The van der Waals surface area contributed by atoms with Crippen molar-refractivity contribution in [3.63, 3.8) is 0 Å². The van der Waals surface area contributed by atoms with Gasteiger partial charge in [-0.3, -0.25) is 9.59 Å². The van der Waals surface area contributed by atoms with Crippen LogP contribution >= 0.6 is 0 Å². The van der Waals surface area contributed by atoms with Crippen molar-refractivity contribution in [3.05, 3.63) is 65.2 Å². The summed E-state index contributed by atoms with van der Waals surface area (Å²) in [5.74, 6) is 0.452. The molecule has 2 N–H and O–H groups in total. The molecule has 0 heterocycles. The molecule has 2 aromatic rings. The molecule has 2 aromatic carbocycles. The van der Waals surface area contributed by atoms with Crippen LogP contribution in [0, 0.1) is 0 Å². The Labute approximate surface area is 141 Å². The third-order valence-corrected chi connectivity index (χ3v) is 3.91. The number of nitrogens with one attached hydrogen (secondary N) is 2. The minimum atomic E-state index is -0.202. The van der Waals surface area contributed by atoms with E-state index in [0.717, 1.165) is 24.2 Å². The lowest BCUT2D eigenvalue weighted by molar-refractivity contribution is 0.0950. The maximum Gasteiger partial charge on any atom is 0.251 e. The zero-order chi connectivity index (χ0) is 16.9. The van der Waals surface area contributed by atoms with Crippen LogP contribution in [-0.4, -0.2) is 25.0 Å². The van der Waals surface area contributed by atoms with Crippen LogP contribution in [-0.2, 0) is 6.54 Å². The number of methoxy groups -OCH3 is 1. The van der Waals surface area contributed by atoms with E-state index in [1.807, 2.05) is 24.3 Å². The van der Waals surface area contributed by atoms with E-state index >= 15 is 0 Å². The van der Waals surface area contributed by atoms with Crippen molar-refractivity contribution >= 4 is 11.8 Å². The molecule has 1 aliphatic carbocycles. The lowest BCUT2D eigenvalue weighted by Crippen LogP contribution is -2.26. The van der Waals surface area contributed by atoms with Crippen LogP contribution in [0.4, 0.5) is 0 Å². The maximum atomic E-state index is 12.3. The highest BCUT2D eigenvalue weighted by Crippen LogP contribution is 2.19. The van der Waals surface area contributed by atoms with Gasteiger partial charge in [0.15, 0.2) is 0 Å². The zero-order valence-electron chi connectivity index (χ0n) is 13.5. The second-order valence-corrected chi connectivity index (χ2v) is 5.86. The Morgan fingerprint density at radius 2 is 1.71 bits per heavy atom. The van der Waals surface area contributed by atoms with E-state index in [9.17, 15) is 9.59 Å². The molecule has 0 radical (unpaired) electrons. The number of hydrogen-bond acceptors (Lipinski definition) is 3. The minimum absolute atomic E-state index is 0.123. The Hall–Kier alpha value is -2.82. The second kappa shape index (κ2) is 7.17. The molecule has 0 spiro atoms. The summed E-state index contributed by atoms with van der Waals surface area (Å²) in [5, 5.41) is 5.78. The summed E-state index contributed by atoms with van der Waals surface area (Å²) in [6, 6.07) is 14.6. The van der Waals surface area contributed by atoms with Crippen molar-refractivity contribution in [3.8, 4) is 5.75 Å². The summed E-state index contributed by atoms with van der Waals surface area (Å²) >= 11 is 0. The van der Waals surface area contributed by atoms with Gasteiger partial charge in [-0.05, 0) is 48.7 Å². The molecule has 24 heavy (non-hydrogen) atoms. The summed E-state index contributed by atoms with van der Waals surface area (Å²) in [6.45, 7) is 0.418. The lowest BCUT2D eigenvalue weighted by Gasteiger charge is -2.08. The van der Waals surface area contributed by atoms with Gasteiger partial charge in [-0.15, -0.1) is 0 Å². The first kappa shape index (κ1) is 16.1. The molecule has 0 atom stereocenters. The van der Waals surface area contributed by atoms with Gasteiger partial charge in [0, 0.05) is 23.7 Å². The van der Waals surface area contributed by atoms with Crippen LogP contribution in [0.3, 0.4) is 0 Å². The third-order valence-electron chi connectivity index (χ3n) is 3.91. The number of rotatable bonds is 6. The molecule has 0 aliphatic heterocycles. The normalized spacial score (nSPS) is 13.2. The van der Waals surface area contributed by atoms with Crippen molar-refractivity contribution in [2.75, 3.05) is 7.11 Å². The number of amides is 2. The van der Waals surface area contributed by atoms with Gasteiger partial charge in [0.1, 0.15) is 5.75 Å². The minimum Gasteiger partial charge on any atom is -0.497 e. The topological polar surface area (TPSA) is 67.4 Å². The number of carbonyl (C=O) groups is 2. The van der Waals surface area contributed by atoms with Crippen LogP contribution in [0.25, 0.3) is 0 Å². The predicted octanol–water partition coefficient (Wildman–Crippen LogP) is 2.52. The van der Waals surface area contributed by atoms with Gasteiger partial charge in [-0.25, -0.2) is 0 Å². The van der Waals surface area contributed by atoms with E-state index in [1.165, 1.54) is 0 Å². The molecule has 1 fully saturated rings. The van der Waals surface area contributed by atoms with Crippen LogP contribution in [0.1, 0.15) is 39.1 Å². The van der Waals surface area contributed by atoms with E-state index in [1.54, 1.807) is 31.4 Å². The van der Waals surface area contributed by atoms with Crippen LogP contribution in [0.15, 0.2) is 48.5 Å². The van der Waals surface area contributed by atoms with Gasteiger partial charge in [-0.1, -0.05) is 18.2 Å². The van der Waals surface area contributed by atoms with Crippen molar-refractivity contribution in [2.45, 2.75) is 25.4 Å². The highest BCUT2D eigenvalue weighted by molar-refractivity contribution is 5.99. The third kappa shape index (κ3) is 4.13. The van der Waals surface area contributed by atoms with Gasteiger partial charge in [-0.2, -0.15) is 0 Å². The quantitative estimate of drug-likeness (QED) is 0.858. The Morgan fingerprint density at radius 3 is 2.33 bits per heavy atom. The molecule has 0 aromatic heterocycles. The molecule has 0 unspecified atom stereocenters. The first-order valence-corrected chi connectivity index (χ1v) is 7.98. The molecule has 0 bridgehead atoms. The second-order valence-electron chi connectivity index (χ2n) is 5.86. The summed E-state index contributed by atoms with van der Waals surface area (Å²) in [6.07, 6.45) is 2.07. The van der Waals surface area contributed by atoms with Crippen LogP contribution < -0.4 is 15.4 Å². The van der Waals surface area contributed by atoms with E-state index in [4.69, 9.17) is 4.74 Å². The fourth-order valence-corrected chi connectivity index (χ4v) is 2.33. The van der Waals surface area contributed by atoms with Crippen molar-refractivity contribution in [1.29, 1.82) is 0 Å². The van der Waals surface area contributed by atoms with E-state index in [2.05, 4.69) is 10.6 Å². The fraction of sp³-hybridized carbons (Fsp3) is 0.263. The predicted molar refractivity (Wildman–Crippen MR) is 91.1 cm³/mol. The van der Waals surface area contributed by atoms with Crippen molar-refractivity contribution < 1.29 is 14.3 Å². The maximum absolute atomic E-state index is 12.3. The number of ether oxygens (including phenoxy) is 1. The number of hydrogen-bond donors (Lipinski definition) is 2. The van der Waals surface area contributed by atoms with E-state index in [-0.39, 0.29) is 11.8 Å². The molecular formula is C19H20N2O3. The van der Waals surface area contributed by atoms with Gasteiger partial charge >= 0.3 is 0 Å². The smallest absolute Gasteiger partial charge is 0.251 e. The molecule has 5 nitrogen and oxygen atoms in total. The monoisotopic (exact) mass is 324 g/mol. The van der Waals surface area contributed by atoms with Crippen LogP contribution in [0.2, 0.25) is 0 Å². The summed E-state index contributed by atoms with van der Waals surface area (Å²) in [7, 11) is 1.61. The van der Waals surface area contributed by atoms with Gasteiger partial charge < -0.3 is 15.4 Å². The van der Waals surface area contributed by atoms with Gasteiger partial charge in [0.2, 0.25) is 0 Å².